The molecule has 0 atom stereocenters. The van der Waals surface area contributed by atoms with Gasteiger partial charge in [-0.15, -0.1) is 0 Å². The van der Waals surface area contributed by atoms with Crippen molar-refractivity contribution >= 4 is 18.4 Å². The Kier molecular flexibility index (Phi) is 54.2. The number of hydrogen-bond acceptors (Lipinski definition) is 3. The highest BCUT2D eigenvalue weighted by molar-refractivity contribution is 6.50. The first-order valence-electron chi connectivity index (χ1n) is 42.0. The number of benzene rings is 20. The van der Waals surface area contributed by atoms with Crippen LogP contribution in [0.5, 0.6) is 0 Å². The van der Waals surface area contributed by atoms with Gasteiger partial charge >= 0.3 is 0 Å². The first kappa shape index (κ1) is 108. The van der Waals surface area contributed by atoms with Crippen molar-refractivity contribution in [3.8, 4) is 111 Å². The van der Waals surface area contributed by atoms with E-state index in [9.17, 15) is 4.79 Å². The molecule has 0 amide bonds. The van der Waals surface area contributed by atoms with Gasteiger partial charge in [0.05, 0.1) is 0 Å². The molecule has 0 bridgehead atoms. The summed E-state index contributed by atoms with van der Waals surface area (Å²) in [6.45, 7) is 0. The number of aldehydes is 2. The fraction of sp³-hybridized carbons (Fsp3) is 0. The minimum Gasteiger partial charge on any atom is -0.412 e. The molecule has 0 aliphatic carbocycles. The molecule has 0 radical (unpaired) electrons. The summed E-state index contributed by atoms with van der Waals surface area (Å²) >= 11 is 0. The van der Waals surface area contributed by atoms with Crippen molar-refractivity contribution in [2.24, 2.45) is 0 Å². The standard InChI is InChI=1S/10C12H10.C3H2O3.6H2O/c10*1-3-7-11(8-4-1)12-9-5-2-6-10-12;4-1-3(6)2-5;;;;;;/h10*1-10H;1-2H;6*1H2. The highest BCUT2D eigenvalue weighted by Gasteiger charge is 2.01. The van der Waals surface area contributed by atoms with Gasteiger partial charge in [0.25, 0.3) is 5.78 Å². The van der Waals surface area contributed by atoms with Gasteiger partial charge in [-0.2, -0.15) is 0 Å². The summed E-state index contributed by atoms with van der Waals surface area (Å²) in [4.78, 5) is 27.8. The first-order chi connectivity index (χ1) is 62.5. The maximum absolute atomic E-state index is 9.44. The Morgan fingerprint density at radius 3 is 0.174 bits per heavy atom. The molecule has 0 saturated heterocycles. The molecule has 20 aromatic rings. The molecule has 0 aromatic heterocycles. The molecule has 0 aliphatic heterocycles. The molecule has 0 spiro atoms. The minimum absolute atomic E-state index is 0. The van der Waals surface area contributed by atoms with E-state index >= 15 is 0 Å². The van der Waals surface area contributed by atoms with Gasteiger partial charge in [0.1, 0.15) is 0 Å². The van der Waals surface area contributed by atoms with E-state index in [4.69, 9.17) is 9.59 Å². The third-order valence-corrected chi connectivity index (χ3v) is 19.0. The second-order valence-electron chi connectivity index (χ2n) is 28.0. The van der Waals surface area contributed by atoms with Crippen molar-refractivity contribution in [3.05, 3.63) is 607 Å². The summed E-state index contributed by atoms with van der Waals surface area (Å²) in [7, 11) is 0. The lowest BCUT2D eigenvalue weighted by Gasteiger charge is -1.98. The van der Waals surface area contributed by atoms with Crippen molar-refractivity contribution in [1.29, 1.82) is 0 Å². The maximum atomic E-state index is 9.44. The minimum atomic E-state index is -1.02. The molecular formula is C123H114O9. The third kappa shape index (κ3) is 40.6. The lowest BCUT2D eigenvalue weighted by atomic mass is 10.1. The topological polar surface area (TPSA) is 240 Å². The Morgan fingerprint density at radius 2 is 0.144 bits per heavy atom. The molecule has 12 N–H and O–H groups in total. The quantitative estimate of drug-likeness (QED) is 0.0659. The fourth-order valence-corrected chi connectivity index (χ4v) is 12.6. The Hall–Kier alpha value is -16.8. The van der Waals surface area contributed by atoms with E-state index in [2.05, 4.69) is 485 Å². The molecule has 132 heavy (non-hydrogen) atoms. The van der Waals surface area contributed by atoms with Crippen molar-refractivity contribution in [1.82, 2.24) is 0 Å². The SMILES string of the molecule is O.O.O.O.O.O.O=CC(=O)C=O.c1ccc(-c2ccccc2)cc1.c1ccc(-c2ccccc2)cc1.c1ccc(-c2ccccc2)cc1.c1ccc(-c2ccccc2)cc1.c1ccc(-c2ccccc2)cc1.c1ccc(-c2ccccc2)cc1.c1ccc(-c2ccccc2)cc1.c1ccc(-c2ccccc2)cc1.c1ccc(-c2ccccc2)cc1.c1ccc(-c2ccccc2)cc1. The molecule has 660 valence electrons. The first-order valence-corrected chi connectivity index (χ1v) is 42.0. The fourth-order valence-electron chi connectivity index (χ4n) is 12.6. The Labute approximate surface area is 778 Å². The van der Waals surface area contributed by atoms with Crippen LogP contribution in [0.15, 0.2) is 607 Å². The summed E-state index contributed by atoms with van der Waals surface area (Å²) in [5.74, 6) is -1.02. The summed E-state index contributed by atoms with van der Waals surface area (Å²) in [6.07, 6.45) is -0.0694. The Balaban J connectivity index is 0.000000303. The predicted octanol–water partition coefficient (Wildman–Crippen LogP) is 27.5. The van der Waals surface area contributed by atoms with E-state index in [1.165, 1.54) is 111 Å². The number of rotatable bonds is 12. The number of ketones is 1. The monoisotopic (exact) mass is 1730 g/mol. The molecule has 9 heteroatoms. The molecule has 20 rings (SSSR count). The summed E-state index contributed by atoms with van der Waals surface area (Å²) < 4.78 is 0. The van der Waals surface area contributed by atoms with E-state index in [-0.39, 0.29) is 45.4 Å². The maximum Gasteiger partial charge on any atom is 0.257 e. The van der Waals surface area contributed by atoms with Crippen LogP contribution in [0, 0.1) is 0 Å². The third-order valence-electron chi connectivity index (χ3n) is 19.0. The lowest BCUT2D eigenvalue weighted by molar-refractivity contribution is -0.135. The number of carbonyl (C=O) groups excluding carboxylic acids is 3. The van der Waals surface area contributed by atoms with Gasteiger partial charge < -0.3 is 32.9 Å². The number of hydrogen-bond donors (Lipinski definition) is 0. The van der Waals surface area contributed by atoms with Gasteiger partial charge in [-0.3, -0.25) is 14.4 Å². The zero-order chi connectivity index (χ0) is 87.2. The molecular weight excluding hydrogens is 1620 g/mol. The van der Waals surface area contributed by atoms with Gasteiger partial charge in [-0.05, 0) is 111 Å². The van der Waals surface area contributed by atoms with Crippen LogP contribution in [0.4, 0.5) is 0 Å². The average Bonchev–Trinajstić information content (AvgIpc) is 0.949. The largest absolute Gasteiger partial charge is 0.412 e. The average molecular weight is 1740 g/mol. The second-order valence-corrected chi connectivity index (χ2v) is 28.0. The van der Waals surface area contributed by atoms with E-state index in [0.29, 0.717) is 0 Å². The van der Waals surface area contributed by atoms with E-state index in [1.54, 1.807) is 0 Å². The molecule has 0 fully saturated rings. The van der Waals surface area contributed by atoms with Crippen LogP contribution in [0.1, 0.15) is 0 Å². The van der Waals surface area contributed by atoms with Gasteiger partial charge in [0, 0.05) is 0 Å². The van der Waals surface area contributed by atoms with E-state index in [1.807, 2.05) is 121 Å². The van der Waals surface area contributed by atoms with Gasteiger partial charge in [-0.1, -0.05) is 607 Å². The highest BCUT2D eigenvalue weighted by Crippen LogP contribution is 2.26. The molecule has 0 aliphatic rings. The molecule has 0 saturated carbocycles. The van der Waals surface area contributed by atoms with Crippen LogP contribution < -0.4 is 0 Å². The van der Waals surface area contributed by atoms with Crippen LogP contribution in [0.25, 0.3) is 111 Å². The Bertz CT molecular complexity index is 4490. The van der Waals surface area contributed by atoms with Gasteiger partial charge in [-0.25, -0.2) is 0 Å². The van der Waals surface area contributed by atoms with E-state index < -0.39 is 5.78 Å². The number of Topliss-reactive ketones (excluding diaryl/α,β-unsaturated/α-hetero) is 1. The van der Waals surface area contributed by atoms with E-state index in [0.717, 1.165) is 0 Å². The molecule has 20 aromatic carbocycles. The summed E-state index contributed by atoms with van der Waals surface area (Å²) in [6, 6.07) is 208. The smallest absolute Gasteiger partial charge is 0.257 e. The summed E-state index contributed by atoms with van der Waals surface area (Å²) in [5.41, 5.74) is 25.5. The van der Waals surface area contributed by atoms with Crippen LogP contribution in [-0.2, 0) is 14.4 Å². The van der Waals surface area contributed by atoms with Crippen molar-refractivity contribution in [2.75, 3.05) is 0 Å². The van der Waals surface area contributed by atoms with Crippen molar-refractivity contribution in [3.63, 3.8) is 0 Å². The molecule has 0 unspecified atom stereocenters. The van der Waals surface area contributed by atoms with Crippen molar-refractivity contribution in [2.45, 2.75) is 0 Å². The van der Waals surface area contributed by atoms with Crippen molar-refractivity contribution < 1.29 is 47.2 Å². The van der Waals surface area contributed by atoms with Crippen LogP contribution in [-0.4, -0.2) is 51.2 Å². The lowest BCUT2D eigenvalue weighted by Crippen LogP contribution is -1.97. The van der Waals surface area contributed by atoms with Crippen LogP contribution >= 0.6 is 0 Å². The Morgan fingerprint density at radius 1 is 0.0985 bits per heavy atom. The molecule has 9 nitrogen and oxygen atoms in total. The summed E-state index contributed by atoms with van der Waals surface area (Å²) in [5, 5.41) is 0. The van der Waals surface area contributed by atoms with Crippen LogP contribution in [0.3, 0.4) is 0 Å². The van der Waals surface area contributed by atoms with Crippen LogP contribution in [0.2, 0.25) is 0 Å². The zero-order valence-corrected chi connectivity index (χ0v) is 73.6. The molecule has 0 heterocycles. The highest BCUT2D eigenvalue weighted by atomic mass is 16.2. The predicted molar refractivity (Wildman–Crippen MR) is 558 cm³/mol. The zero-order valence-electron chi connectivity index (χ0n) is 73.6. The second kappa shape index (κ2) is 66.6. The van der Waals surface area contributed by atoms with Gasteiger partial charge in [0.2, 0.25) is 0 Å². The number of carbonyl (C=O) groups is 3. The van der Waals surface area contributed by atoms with Gasteiger partial charge in [0.15, 0.2) is 12.6 Å². The normalized spacial score (nSPS) is 9.09.